The van der Waals surface area contributed by atoms with Crippen molar-refractivity contribution in [2.24, 2.45) is 0 Å². The van der Waals surface area contributed by atoms with Crippen LogP contribution in [0.25, 0.3) is 20.4 Å². The summed E-state index contributed by atoms with van der Waals surface area (Å²) in [4.78, 5) is 22.6. The van der Waals surface area contributed by atoms with Gasteiger partial charge in [-0.25, -0.2) is 9.97 Å². The number of ether oxygens (including phenoxy) is 1. The number of nitrogens with zero attached hydrogens (tertiary/aromatic N) is 3. The summed E-state index contributed by atoms with van der Waals surface area (Å²) in [6, 6.07) is 2.10. The summed E-state index contributed by atoms with van der Waals surface area (Å²) in [5.41, 5.74) is 0.768. The molecule has 0 spiro atoms. The van der Waals surface area contributed by atoms with E-state index in [0.717, 1.165) is 28.8 Å². The number of thiophene rings is 1. The zero-order valence-electron chi connectivity index (χ0n) is 12.4. The zero-order valence-corrected chi connectivity index (χ0v) is 13.2. The number of methoxy groups -OCH3 is 1. The number of hydrogen-bond donors (Lipinski definition) is 0. The molecule has 0 radical (unpaired) electrons. The molecular weight excluding hydrogens is 298 g/mol. The third-order valence-corrected chi connectivity index (χ3v) is 5.53. The second-order valence-electron chi connectivity index (χ2n) is 5.72. The topological polar surface area (TPSA) is 57.0 Å². The van der Waals surface area contributed by atoms with Crippen LogP contribution in [-0.2, 0) is 0 Å². The fraction of sp³-hybridized carbons (Fsp3) is 0.438. The summed E-state index contributed by atoms with van der Waals surface area (Å²) in [5, 5.41) is 0.845. The van der Waals surface area contributed by atoms with E-state index >= 15 is 0 Å². The minimum atomic E-state index is 0.0574. The lowest BCUT2D eigenvalue weighted by atomic mass is 9.95. The van der Waals surface area contributed by atoms with E-state index in [9.17, 15) is 4.79 Å². The van der Waals surface area contributed by atoms with Gasteiger partial charge >= 0.3 is 0 Å². The van der Waals surface area contributed by atoms with Gasteiger partial charge in [0, 0.05) is 12.2 Å². The van der Waals surface area contributed by atoms with E-state index in [-0.39, 0.29) is 5.56 Å². The van der Waals surface area contributed by atoms with Crippen molar-refractivity contribution in [3.05, 3.63) is 28.9 Å². The van der Waals surface area contributed by atoms with Crippen molar-refractivity contribution in [3.8, 4) is 5.75 Å². The summed E-state index contributed by atoms with van der Waals surface area (Å²) in [6.45, 7) is 0. The van der Waals surface area contributed by atoms with Crippen LogP contribution in [0.2, 0.25) is 0 Å². The lowest BCUT2D eigenvalue weighted by Gasteiger charge is -2.23. The van der Waals surface area contributed by atoms with Crippen LogP contribution in [0.5, 0.6) is 5.75 Å². The predicted molar refractivity (Wildman–Crippen MR) is 87.9 cm³/mol. The third kappa shape index (κ3) is 2.01. The van der Waals surface area contributed by atoms with Gasteiger partial charge in [-0.3, -0.25) is 9.36 Å². The van der Waals surface area contributed by atoms with Crippen LogP contribution >= 0.6 is 11.3 Å². The van der Waals surface area contributed by atoms with E-state index in [4.69, 9.17) is 4.74 Å². The minimum absolute atomic E-state index is 0.0574. The molecule has 22 heavy (non-hydrogen) atoms. The first-order valence-electron chi connectivity index (χ1n) is 7.62. The maximum Gasteiger partial charge on any atom is 0.271 e. The fourth-order valence-corrected chi connectivity index (χ4v) is 4.38. The van der Waals surface area contributed by atoms with Gasteiger partial charge in [-0.15, -0.1) is 11.3 Å². The Morgan fingerprint density at radius 1 is 1.27 bits per heavy atom. The molecule has 3 heterocycles. The smallest absolute Gasteiger partial charge is 0.271 e. The van der Waals surface area contributed by atoms with Crippen molar-refractivity contribution in [2.75, 3.05) is 7.11 Å². The summed E-state index contributed by atoms with van der Waals surface area (Å²) in [5.74, 6) is 0.721. The summed E-state index contributed by atoms with van der Waals surface area (Å²) in [6.07, 6.45) is 9.20. The predicted octanol–water partition coefficient (Wildman–Crippen LogP) is 3.52. The monoisotopic (exact) mass is 315 g/mol. The van der Waals surface area contributed by atoms with Gasteiger partial charge in [-0.05, 0) is 18.9 Å². The molecule has 0 aromatic carbocycles. The standard InChI is InChI=1S/C16H17N3O2S/c1-21-11-7-8-17-15-12(11)13-14(22-15)16(20)19(9-18-13)10-5-3-2-4-6-10/h7-10H,2-6H2,1H3. The molecule has 0 unspecified atom stereocenters. The fourth-order valence-electron chi connectivity index (χ4n) is 3.33. The summed E-state index contributed by atoms with van der Waals surface area (Å²) < 4.78 is 7.90. The van der Waals surface area contributed by atoms with Crippen molar-refractivity contribution in [3.63, 3.8) is 0 Å². The van der Waals surface area contributed by atoms with Gasteiger partial charge in [0.25, 0.3) is 5.56 Å². The number of hydrogen-bond acceptors (Lipinski definition) is 5. The van der Waals surface area contributed by atoms with E-state index in [1.54, 1.807) is 19.6 Å². The Bertz CT molecular complexity index is 893. The Labute approximate surface area is 131 Å². The highest BCUT2D eigenvalue weighted by Crippen LogP contribution is 2.35. The highest BCUT2D eigenvalue weighted by Gasteiger charge is 2.20. The normalized spacial score (nSPS) is 16.4. The van der Waals surface area contributed by atoms with E-state index in [1.807, 2.05) is 10.6 Å². The Morgan fingerprint density at radius 2 is 2.09 bits per heavy atom. The zero-order chi connectivity index (χ0) is 15.1. The van der Waals surface area contributed by atoms with E-state index in [0.29, 0.717) is 16.3 Å². The van der Waals surface area contributed by atoms with E-state index < -0.39 is 0 Å². The number of aromatic nitrogens is 3. The molecule has 1 aliphatic rings. The highest BCUT2D eigenvalue weighted by molar-refractivity contribution is 7.25. The maximum absolute atomic E-state index is 12.9. The van der Waals surface area contributed by atoms with Gasteiger partial charge < -0.3 is 4.74 Å². The first-order chi connectivity index (χ1) is 10.8. The molecule has 0 N–H and O–H groups in total. The van der Waals surface area contributed by atoms with Gasteiger partial charge in [0.1, 0.15) is 20.8 Å². The maximum atomic E-state index is 12.9. The number of rotatable bonds is 2. The lowest BCUT2D eigenvalue weighted by Crippen LogP contribution is -2.26. The molecule has 0 atom stereocenters. The van der Waals surface area contributed by atoms with Crippen molar-refractivity contribution >= 4 is 31.8 Å². The Morgan fingerprint density at radius 3 is 2.86 bits per heavy atom. The van der Waals surface area contributed by atoms with Crippen LogP contribution in [-0.4, -0.2) is 21.6 Å². The molecule has 1 fully saturated rings. The van der Waals surface area contributed by atoms with E-state index in [1.165, 1.54) is 30.6 Å². The molecule has 0 amide bonds. The van der Waals surface area contributed by atoms with Crippen LogP contribution < -0.4 is 10.3 Å². The number of pyridine rings is 1. The van der Waals surface area contributed by atoms with E-state index in [2.05, 4.69) is 9.97 Å². The van der Waals surface area contributed by atoms with Crippen molar-refractivity contribution < 1.29 is 4.74 Å². The second kappa shape index (κ2) is 5.35. The van der Waals surface area contributed by atoms with Gasteiger partial charge in [-0.2, -0.15) is 0 Å². The molecule has 0 bridgehead atoms. The summed E-state index contributed by atoms with van der Waals surface area (Å²) >= 11 is 1.41. The molecule has 1 saturated carbocycles. The van der Waals surface area contributed by atoms with Crippen molar-refractivity contribution in [1.82, 2.24) is 14.5 Å². The molecule has 3 aromatic heterocycles. The lowest BCUT2D eigenvalue weighted by molar-refractivity contribution is 0.345. The van der Waals surface area contributed by atoms with Crippen LogP contribution in [0, 0.1) is 0 Å². The van der Waals surface area contributed by atoms with Crippen LogP contribution in [0.4, 0.5) is 0 Å². The molecule has 114 valence electrons. The molecule has 1 aliphatic carbocycles. The first-order valence-corrected chi connectivity index (χ1v) is 8.43. The Hall–Kier alpha value is -1.95. The van der Waals surface area contributed by atoms with Crippen LogP contribution in [0.1, 0.15) is 38.1 Å². The quantitative estimate of drug-likeness (QED) is 0.726. The molecule has 0 aliphatic heterocycles. The molecule has 3 aromatic rings. The molecular formula is C16H17N3O2S. The second-order valence-corrected chi connectivity index (χ2v) is 6.72. The van der Waals surface area contributed by atoms with Crippen LogP contribution in [0.15, 0.2) is 23.4 Å². The van der Waals surface area contributed by atoms with Crippen LogP contribution in [0.3, 0.4) is 0 Å². The Balaban J connectivity index is 1.96. The van der Waals surface area contributed by atoms with Crippen molar-refractivity contribution in [1.29, 1.82) is 0 Å². The average molecular weight is 315 g/mol. The van der Waals surface area contributed by atoms with Gasteiger partial charge in [0.05, 0.1) is 18.8 Å². The third-order valence-electron chi connectivity index (χ3n) is 4.46. The molecule has 6 heteroatoms. The van der Waals surface area contributed by atoms with Gasteiger partial charge in [0.2, 0.25) is 0 Å². The molecule has 5 nitrogen and oxygen atoms in total. The SMILES string of the molecule is COc1ccnc2sc3c(=O)n(C4CCCCC4)cnc3c12. The average Bonchev–Trinajstić information content (AvgIpc) is 2.96. The minimum Gasteiger partial charge on any atom is -0.496 e. The summed E-state index contributed by atoms with van der Waals surface area (Å²) in [7, 11) is 1.63. The van der Waals surface area contributed by atoms with Crippen molar-refractivity contribution in [2.45, 2.75) is 38.1 Å². The van der Waals surface area contributed by atoms with Gasteiger partial charge in [0.15, 0.2) is 0 Å². The molecule has 4 rings (SSSR count). The highest BCUT2D eigenvalue weighted by atomic mass is 32.1. The Kier molecular flexibility index (Phi) is 3.33. The first kappa shape index (κ1) is 13.7. The van der Waals surface area contributed by atoms with Gasteiger partial charge in [-0.1, -0.05) is 19.3 Å². The number of fused-ring (bicyclic) bond motifs is 3. The molecule has 0 saturated heterocycles. The largest absolute Gasteiger partial charge is 0.496 e.